The Hall–Kier alpha value is -0.560. The summed E-state index contributed by atoms with van der Waals surface area (Å²) in [4.78, 5) is 0. The molecule has 1 aliphatic carbocycles. The van der Waals surface area contributed by atoms with Crippen molar-refractivity contribution in [2.75, 3.05) is 13.6 Å². The molecule has 102 valence electrons. The maximum Gasteiger partial charge on any atom is 0.0129 e. The van der Waals surface area contributed by atoms with Crippen molar-refractivity contribution in [2.24, 2.45) is 5.92 Å². The maximum absolute atomic E-state index is 4.10. The van der Waals surface area contributed by atoms with Crippen molar-refractivity contribution in [3.63, 3.8) is 0 Å². The van der Waals surface area contributed by atoms with Crippen molar-refractivity contribution < 1.29 is 0 Å². The molecule has 1 saturated carbocycles. The highest BCUT2D eigenvalue weighted by molar-refractivity contribution is 5.00. The molecule has 0 bridgehead atoms. The molecule has 1 rings (SSSR count). The number of hydrogen-bond donors (Lipinski definition) is 1. The van der Waals surface area contributed by atoms with Crippen LogP contribution in [0, 0.1) is 5.92 Å². The summed E-state index contributed by atoms with van der Waals surface area (Å²) in [5, 5.41) is 2.90. The van der Waals surface area contributed by atoms with E-state index < -0.39 is 0 Å². The zero-order chi connectivity index (χ0) is 13.5. The van der Waals surface area contributed by atoms with Gasteiger partial charge >= 0.3 is 0 Å². The molecule has 0 atom stereocenters. The smallest absolute Gasteiger partial charge is 0.0129 e. The van der Waals surface area contributed by atoms with Gasteiger partial charge in [0.15, 0.2) is 0 Å². The highest BCUT2D eigenvalue weighted by Gasteiger charge is 2.14. The van der Waals surface area contributed by atoms with Gasteiger partial charge in [-0.05, 0) is 32.2 Å². The lowest BCUT2D eigenvalue weighted by molar-refractivity contribution is 0.398. The molecule has 0 spiro atoms. The summed E-state index contributed by atoms with van der Waals surface area (Å²) in [6.07, 6.45) is 10.1. The van der Waals surface area contributed by atoms with E-state index in [0.717, 1.165) is 12.5 Å². The molecule has 0 aliphatic heterocycles. The number of likely N-dealkylation sites (N-methyl/N-ethyl adjacent to an activating group) is 1. The molecule has 0 amide bonds. The van der Waals surface area contributed by atoms with E-state index in [-0.39, 0.29) is 0 Å². The molecule has 0 aromatic rings. The summed E-state index contributed by atoms with van der Waals surface area (Å²) in [5.41, 5.74) is 1.49. The van der Waals surface area contributed by atoms with Crippen LogP contribution in [0.15, 0.2) is 24.8 Å². The molecule has 1 heteroatoms. The van der Waals surface area contributed by atoms with Crippen LogP contribution in [-0.4, -0.2) is 13.6 Å². The second kappa shape index (κ2) is 15.4. The van der Waals surface area contributed by atoms with Crippen molar-refractivity contribution in [1.82, 2.24) is 5.32 Å². The normalized spacial score (nSPS) is 14.8. The van der Waals surface area contributed by atoms with Gasteiger partial charge in [-0.25, -0.2) is 0 Å². The Labute approximate surface area is 109 Å². The predicted octanol–water partition coefficient (Wildman–Crippen LogP) is 4.95. The first-order chi connectivity index (χ1) is 8.26. The van der Waals surface area contributed by atoms with E-state index in [4.69, 9.17) is 0 Å². The van der Waals surface area contributed by atoms with Gasteiger partial charge in [-0.3, -0.25) is 0 Å². The molecule has 1 fully saturated rings. The van der Waals surface area contributed by atoms with E-state index in [1.807, 2.05) is 27.0 Å². The van der Waals surface area contributed by atoms with Crippen molar-refractivity contribution >= 4 is 0 Å². The molecule has 1 nitrogen and oxygen atoms in total. The SMILES string of the molecule is C=C(CC)C1CCCCC1.C=CCNC.CC. The monoisotopic (exact) mass is 239 g/mol. The van der Waals surface area contributed by atoms with Crippen LogP contribution in [0.25, 0.3) is 0 Å². The molecule has 0 unspecified atom stereocenters. The second-order valence-electron chi connectivity index (χ2n) is 4.19. The van der Waals surface area contributed by atoms with Crippen LogP contribution in [-0.2, 0) is 0 Å². The minimum Gasteiger partial charge on any atom is -0.316 e. The van der Waals surface area contributed by atoms with Crippen molar-refractivity contribution in [3.8, 4) is 0 Å². The molecule has 1 N–H and O–H groups in total. The molecular weight excluding hydrogens is 206 g/mol. The van der Waals surface area contributed by atoms with Crippen LogP contribution in [0.2, 0.25) is 0 Å². The summed E-state index contributed by atoms with van der Waals surface area (Å²) in [6, 6.07) is 0. The van der Waals surface area contributed by atoms with Crippen molar-refractivity contribution in [1.29, 1.82) is 0 Å². The van der Waals surface area contributed by atoms with Gasteiger partial charge in [-0.2, -0.15) is 0 Å². The highest BCUT2D eigenvalue weighted by atomic mass is 14.8. The fourth-order valence-corrected chi connectivity index (χ4v) is 1.94. The lowest BCUT2D eigenvalue weighted by Gasteiger charge is -2.22. The molecule has 0 radical (unpaired) electrons. The van der Waals surface area contributed by atoms with Gasteiger partial charge in [0.1, 0.15) is 0 Å². The molecule has 0 saturated heterocycles. The summed E-state index contributed by atoms with van der Waals surface area (Å²) in [7, 11) is 1.89. The Morgan fingerprint density at radius 2 is 1.76 bits per heavy atom. The van der Waals surface area contributed by atoms with Gasteiger partial charge in [-0.1, -0.05) is 58.3 Å². The minimum atomic E-state index is 0.874. The molecule has 0 heterocycles. The first kappa shape index (κ1) is 18.8. The predicted molar refractivity (Wildman–Crippen MR) is 81.5 cm³/mol. The van der Waals surface area contributed by atoms with Crippen LogP contribution in [0.5, 0.6) is 0 Å². The van der Waals surface area contributed by atoms with E-state index in [2.05, 4.69) is 25.4 Å². The maximum atomic E-state index is 4.10. The lowest BCUT2D eigenvalue weighted by Crippen LogP contribution is -2.07. The Morgan fingerprint density at radius 3 is 2.06 bits per heavy atom. The minimum absolute atomic E-state index is 0.874. The molecule has 0 aromatic carbocycles. The van der Waals surface area contributed by atoms with Crippen molar-refractivity contribution in [2.45, 2.75) is 59.3 Å². The molecular formula is C16H33N. The Morgan fingerprint density at radius 1 is 1.24 bits per heavy atom. The fraction of sp³-hybridized carbons (Fsp3) is 0.750. The third-order valence-electron chi connectivity index (χ3n) is 2.99. The first-order valence-electron chi connectivity index (χ1n) is 7.19. The number of rotatable bonds is 4. The van der Waals surface area contributed by atoms with Crippen LogP contribution >= 0.6 is 0 Å². The quantitative estimate of drug-likeness (QED) is 0.684. The Balaban J connectivity index is 0. The van der Waals surface area contributed by atoms with Crippen LogP contribution in [0.1, 0.15) is 59.3 Å². The van der Waals surface area contributed by atoms with Gasteiger partial charge in [0.25, 0.3) is 0 Å². The van der Waals surface area contributed by atoms with Crippen LogP contribution in [0.4, 0.5) is 0 Å². The molecule has 0 aromatic heterocycles. The van der Waals surface area contributed by atoms with Crippen molar-refractivity contribution in [3.05, 3.63) is 24.8 Å². The number of nitrogens with one attached hydrogen (secondary N) is 1. The van der Waals surface area contributed by atoms with Crippen LogP contribution < -0.4 is 5.32 Å². The number of hydrogen-bond acceptors (Lipinski definition) is 1. The standard InChI is InChI=1S/C10H18.C4H9N.C2H6/c1-3-9(2)10-7-5-4-6-8-10;1-3-4-5-2;1-2/h10H,2-8H2,1H3;3,5H,1,4H2,2H3;1-2H3. The average molecular weight is 239 g/mol. The first-order valence-corrected chi connectivity index (χ1v) is 7.19. The summed E-state index contributed by atoms with van der Waals surface area (Å²) in [6.45, 7) is 14.7. The zero-order valence-electron chi connectivity index (χ0n) is 12.5. The fourth-order valence-electron chi connectivity index (χ4n) is 1.94. The largest absolute Gasteiger partial charge is 0.316 e. The van der Waals surface area contributed by atoms with E-state index in [1.165, 1.54) is 44.1 Å². The van der Waals surface area contributed by atoms with Crippen LogP contribution in [0.3, 0.4) is 0 Å². The molecule has 17 heavy (non-hydrogen) atoms. The summed E-state index contributed by atoms with van der Waals surface area (Å²) in [5.74, 6) is 0.874. The van der Waals surface area contributed by atoms with E-state index in [0.29, 0.717) is 0 Å². The molecule has 1 aliphatic rings. The Bertz CT molecular complexity index is 166. The average Bonchev–Trinajstić information content (AvgIpc) is 2.43. The third-order valence-corrected chi connectivity index (χ3v) is 2.99. The van der Waals surface area contributed by atoms with E-state index in [9.17, 15) is 0 Å². The number of allylic oxidation sites excluding steroid dienone is 1. The van der Waals surface area contributed by atoms with Gasteiger partial charge < -0.3 is 5.32 Å². The Kier molecular flexibility index (Phi) is 17.1. The van der Waals surface area contributed by atoms with Gasteiger partial charge in [-0.15, -0.1) is 6.58 Å². The summed E-state index contributed by atoms with van der Waals surface area (Å²) < 4.78 is 0. The zero-order valence-corrected chi connectivity index (χ0v) is 12.5. The van der Waals surface area contributed by atoms with Gasteiger partial charge in [0.05, 0.1) is 0 Å². The topological polar surface area (TPSA) is 12.0 Å². The van der Waals surface area contributed by atoms with Gasteiger partial charge in [0, 0.05) is 6.54 Å². The van der Waals surface area contributed by atoms with E-state index in [1.54, 1.807) is 0 Å². The van der Waals surface area contributed by atoms with Gasteiger partial charge in [0.2, 0.25) is 0 Å². The third kappa shape index (κ3) is 11.7. The highest BCUT2D eigenvalue weighted by Crippen LogP contribution is 2.29. The van der Waals surface area contributed by atoms with E-state index >= 15 is 0 Å². The lowest BCUT2D eigenvalue weighted by atomic mass is 9.83. The second-order valence-corrected chi connectivity index (χ2v) is 4.19. The summed E-state index contributed by atoms with van der Waals surface area (Å²) >= 11 is 0.